The molecule has 2 heterocycles. The molecule has 0 spiro atoms. The lowest BCUT2D eigenvalue weighted by molar-refractivity contribution is -0.147. The molecule has 0 radical (unpaired) electrons. The number of furan rings is 1. The third-order valence-electron chi connectivity index (χ3n) is 6.38. The molecule has 204 valence electrons. The summed E-state index contributed by atoms with van der Waals surface area (Å²) in [6, 6.07) is 19.7. The maximum absolute atomic E-state index is 13.7. The van der Waals surface area contributed by atoms with Crippen LogP contribution in [-0.2, 0) is 9.53 Å². The van der Waals surface area contributed by atoms with E-state index in [-0.39, 0.29) is 11.4 Å². The van der Waals surface area contributed by atoms with Crippen LogP contribution in [0.4, 0.5) is 5.69 Å². The number of ether oxygens (including phenoxy) is 3. The average Bonchev–Trinajstić information content (AvgIpc) is 3.41. The van der Waals surface area contributed by atoms with Crippen LogP contribution in [0.2, 0.25) is 0 Å². The zero-order chi connectivity index (χ0) is 28.4. The Morgan fingerprint density at radius 1 is 1.02 bits per heavy atom. The van der Waals surface area contributed by atoms with E-state index in [9.17, 15) is 9.59 Å². The monoisotopic (exact) mass is 540 g/mol. The zero-order valence-corrected chi connectivity index (χ0v) is 22.7. The number of anilines is 1. The lowest BCUT2D eigenvalue weighted by Gasteiger charge is -2.18. The first-order valence-electron chi connectivity index (χ1n) is 12.5. The van der Waals surface area contributed by atoms with Gasteiger partial charge in [0.25, 0.3) is 5.56 Å². The SMILES string of the molecule is COC(=O)[C@H](C)Oc1cc(N(C)C)ccc1C=Nn1c(-c2cc3c(OC)cccc3o2)nc2ccccc2c1=O. The highest BCUT2D eigenvalue weighted by atomic mass is 16.6. The van der Waals surface area contributed by atoms with Gasteiger partial charge in [-0.2, -0.15) is 9.78 Å². The molecule has 0 saturated heterocycles. The molecule has 10 heteroatoms. The fourth-order valence-electron chi connectivity index (χ4n) is 4.25. The Hall–Kier alpha value is -5.12. The highest BCUT2D eigenvalue weighted by molar-refractivity contribution is 5.89. The first-order valence-corrected chi connectivity index (χ1v) is 12.5. The number of fused-ring (bicyclic) bond motifs is 2. The Morgan fingerprint density at radius 3 is 2.58 bits per heavy atom. The van der Waals surface area contributed by atoms with Gasteiger partial charge in [-0.1, -0.05) is 18.2 Å². The number of carbonyl (C=O) groups excluding carboxylic acids is 1. The summed E-state index contributed by atoms with van der Waals surface area (Å²) in [6.07, 6.45) is 0.629. The van der Waals surface area contributed by atoms with E-state index in [1.54, 1.807) is 50.4 Å². The largest absolute Gasteiger partial charge is 0.496 e. The van der Waals surface area contributed by atoms with Gasteiger partial charge >= 0.3 is 5.97 Å². The van der Waals surface area contributed by atoms with Crippen molar-refractivity contribution < 1.29 is 23.4 Å². The molecule has 2 aromatic heterocycles. The number of benzene rings is 3. The van der Waals surface area contributed by atoms with Gasteiger partial charge in [-0.05, 0) is 49.4 Å². The summed E-state index contributed by atoms with van der Waals surface area (Å²) in [4.78, 5) is 32.3. The summed E-state index contributed by atoms with van der Waals surface area (Å²) in [5, 5.41) is 5.68. The lowest BCUT2D eigenvalue weighted by atomic mass is 10.2. The Kier molecular flexibility index (Phi) is 7.24. The van der Waals surface area contributed by atoms with E-state index < -0.39 is 12.1 Å². The first kappa shape index (κ1) is 26.5. The molecular weight excluding hydrogens is 512 g/mol. The molecule has 0 saturated carbocycles. The number of rotatable bonds is 8. The third kappa shape index (κ3) is 4.98. The van der Waals surface area contributed by atoms with Crippen LogP contribution in [0.3, 0.4) is 0 Å². The molecule has 0 unspecified atom stereocenters. The molecule has 40 heavy (non-hydrogen) atoms. The molecule has 0 N–H and O–H groups in total. The number of esters is 1. The van der Waals surface area contributed by atoms with Crippen molar-refractivity contribution in [3.8, 4) is 23.1 Å². The minimum atomic E-state index is -0.860. The average molecular weight is 541 g/mol. The van der Waals surface area contributed by atoms with Gasteiger partial charge in [-0.15, -0.1) is 0 Å². The summed E-state index contributed by atoms with van der Waals surface area (Å²) >= 11 is 0. The number of nitrogens with zero attached hydrogens (tertiary/aromatic N) is 4. The number of para-hydroxylation sites is 1. The second-order valence-electron chi connectivity index (χ2n) is 9.20. The second kappa shape index (κ2) is 10.9. The maximum Gasteiger partial charge on any atom is 0.346 e. The third-order valence-corrected chi connectivity index (χ3v) is 6.38. The molecule has 0 aliphatic rings. The first-order chi connectivity index (χ1) is 19.3. The van der Waals surface area contributed by atoms with Crippen LogP contribution in [0.25, 0.3) is 33.5 Å². The van der Waals surface area contributed by atoms with Crippen molar-refractivity contribution >= 4 is 39.7 Å². The van der Waals surface area contributed by atoms with Gasteiger partial charge in [0.1, 0.15) is 17.1 Å². The van der Waals surface area contributed by atoms with Gasteiger partial charge in [0.15, 0.2) is 11.9 Å². The van der Waals surface area contributed by atoms with E-state index in [0.717, 1.165) is 11.1 Å². The van der Waals surface area contributed by atoms with Crippen LogP contribution < -0.4 is 19.9 Å². The molecule has 10 nitrogen and oxygen atoms in total. The quantitative estimate of drug-likeness (QED) is 0.206. The van der Waals surface area contributed by atoms with E-state index in [1.165, 1.54) is 18.0 Å². The van der Waals surface area contributed by atoms with E-state index in [2.05, 4.69) is 5.10 Å². The normalized spacial score (nSPS) is 12.1. The molecular formula is C30H28N4O6. The van der Waals surface area contributed by atoms with Crippen LogP contribution in [0.15, 0.2) is 81.0 Å². The molecule has 1 atom stereocenters. The van der Waals surface area contributed by atoms with Crippen molar-refractivity contribution in [2.45, 2.75) is 13.0 Å². The summed E-state index contributed by atoms with van der Waals surface area (Å²) in [5.74, 6) is 1.07. The minimum Gasteiger partial charge on any atom is -0.496 e. The van der Waals surface area contributed by atoms with Gasteiger partial charge in [0.2, 0.25) is 5.82 Å². The van der Waals surface area contributed by atoms with Gasteiger partial charge in [0.05, 0.1) is 36.7 Å². The summed E-state index contributed by atoms with van der Waals surface area (Å²) in [7, 11) is 6.67. The summed E-state index contributed by atoms with van der Waals surface area (Å²) in [5.41, 5.74) is 2.11. The molecule has 0 amide bonds. The minimum absolute atomic E-state index is 0.216. The Labute approximate surface area is 230 Å². The van der Waals surface area contributed by atoms with E-state index in [4.69, 9.17) is 23.6 Å². The van der Waals surface area contributed by atoms with Gasteiger partial charge < -0.3 is 23.5 Å². The maximum atomic E-state index is 13.7. The number of hydrogen-bond acceptors (Lipinski definition) is 9. The van der Waals surface area contributed by atoms with Crippen molar-refractivity contribution in [1.82, 2.24) is 9.66 Å². The standard InChI is InChI=1S/C30H28N4O6/c1-18(30(36)38-5)39-26-15-20(33(2)3)14-13-19(26)17-31-34-28(32-23-10-7-6-9-21(23)29(34)35)27-16-22-24(37-4)11-8-12-25(22)40-27/h6-18H,1-5H3/t18-/m0/s1. The zero-order valence-electron chi connectivity index (χ0n) is 22.7. The molecule has 5 aromatic rings. The van der Waals surface area contributed by atoms with Crippen molar-refractivity contribution in [3.05, 3.63) is 82.6 Å². The number of methoxy groups -OCH3 is 2. The van der Waals surface area contributed by atoms with Crippen LogP contribution in [0.5, 0.6) is 11.5 Å². The predicted molar refractivity (Wildman–Crippen MR) is 154 cm³/mol. The van der Waals surface area contributed by atoms with Crippen molar-refractivity contribution in [2.75, 3.05) is 33.2 Å². The molecule has 0 fully saturated rings. The Morgan fingerprint density at radius 2 is 1.82 bits per heavy atom. The second-order valence-corrected chi connectivity index (χ2v) is 9.20. The van der Waals surface area contributed by atoms with Gasteiger partial charge in [0, 0.05) is 31.4 Å². The van der Waals surface area contributed by atoms with Gasteiger partial charge in [-0.3, -0.25) is 4.79 Å². The lowest BCUT2D eigenvalue weighted by Crippen LogP contribution is -2.25. The molecule has 0 bridgehead atoms. The number of hydrogen-bond donors (Lipinski definition) is 0. The topological polar surface area (TPSA) is 108 Å². The highest BCUT2D eigenvalue weighted by Gasteiger charge is 2.19. The van der Waals surface area contributed by atoms with Gasteiger partial charge in [-0.25, -0.2) is 9.78 Å². The summed E-state index contributed by atoms with van der Waals surface area (Å²) < 4.78 is 23.5. The van der Waals surface area contributed by atoms with Crippen molar-refractivity contribution in [3.63, 3.8) is 0 Å². The number of aromatic nitrogens is 2. The molecule has 5 rings (SSSR count). The van der Waals surface area contributed by atoms with Crippen LogP contribution in [0.1, 0.15) is 12.5 Å². The van der Waals surface area contributed by atoms with E-state index in [0.29, 0.717) is 39.3 Å². The Balaban J connectivity index is 1.67. The highest BCUT2D eigenvalue weighted by Crippen LogP contribution is 2.33. The van der Waals surface area contributed by atoms with E-state index in [1.807, 2.05) is 49.3 Å². The van der Waals surface area contributed by atoms with Crippen LogP contribution >= 0.6 is 0 Å². The fraction of sp³-hybridized carbons (Fsp3) is 0.200. The summed E-state index contributed by atoms with van der Waals surface area (Å²) in [6.45, 7) is 1.60. The van der Waals surface area contributed by atoms with Crippen LogP contribution in [0, 0.1) is 0 Å². The molecule has 0 aliphatic heterocycles. The van der Waals surface area contributed by atoms with E-state index >= 15 is 0 Å². The smallest absolute Gasteiger partial charge is 0.346 e. The van der Waals surface area contributed by atoms with Crippen molar-refractivity contribution in [2.24, 2.45) is 5.10 Å². The fourth-order valence-corrected chi connectivity index (χ4v) is 4.25. The molecule has 3 aromatic carbocycles. The Bertz CT molecular complexity index is 1800. The van der Waals surface area contributed by atoms with Crippen molar-refractivity contribution in [1.29, 1.82) is 0 Å². The molecule has 0 aliphatic carbocycles. The predicted octanol–water partition coefficient (Wildman–Crippen LogP) is 4.71. The number of carbonyl (C=O) groups is 1. The van der Waals surface area contributed by atoms with Crippen LogP contribution in [-0.4, -0.2) is 56.3 Å².